The summed E-state index contributed by atoms with van der Waals surface area (Å²) in [4.78, 5) is 10.7. The van der Waals surface area contributed by atoms with Crippen LogP contribution in [0.2, 0.25) is 0 Å². The monoisotopic (exact) mass is 162 g/mol. The second-order valence-corrected chi connectivity index (χ2v) is 3.90. The Labute approximate surface area is 64.3 Å². The Morgan fingerprint density at radius 3 is 2.67 bits per heavy atom. The molecule has 0 amide bonds. The number of rotatable bonds is 2. The number of thioether (sulfide) groups is 2. The molecule has 1 nitrogen and oxygen atoms in total. The van der Waals surface area contributed by atoms with E-state index in [0.717, 1.165) is 0 Å². The molecule has 0 N–H and O–H groups in total. The lowest BCUT2D eigenvalue weighted by atomic mass is 10.5. The molecular formula is C6H10OS2. The van der Waals surface area contributed by atoms with E-state index in [1.54, 1.807) is 12.3 Å². The van der Waals surface area contributed by atoms with Crippen LogP contribution >= 0.6 is 23.5 Å². The molecule has 0 saturated heterocycles. The Kier molecular flexibility index (Phi) is 5.00. The van der Waals surface area contributed by atoms with Crippen LogP contribution in [0.5, 0.6) is 0 Å². The Hall–Kier alpha value is 0.110. The first-order valence-electron chi connectivity index (χ1n) is 2.58. The van der Waals surface area contributed by atoms with Crippen LogP contribution in [0.4, 0.5) is 4.79 Å². The number of hydrogen-bond donors (Lipinski definition) is 0. The van der Waals surface area contributed by atoms with Crippen molar-refractivity contribution in [3.8, 4) is 0 Å². The molecule has 0 radical (unpaired) electrons. The van der Waals surface area contributed by atoms with Crippen molar-refractivity contribution in [1.29, 1.82) is 0 Å². The van der Waals surface area contributed by atoms with Crippen molar-refractivity contribution in [3.63, 3.8) is 0 Å². The molecule has 1 atom stereocenters. The van der Waals surface area contributed by atoms with E-state index in [4.69, 9.17) is 0 Å². The highest BCUT2D eigenvalue weighted by molar-refractivity contribution is 8.38. The largest absolute Gasteiger partial charge is 0.274 e. The summed E-state index contributed by atoms with van der Waals surface area (Å²) in [5.41, 5.74) is 0. The van der Waals surface area contributed by atoms with Gasteiger partial charge in [-0.25, -0.2) is 0 Å². The summed E-state index contributed by atoms with van der Waals surface area (Å²) in [5, 5.41) is 0.241. The van der Waals surface area contributed by atoms with E-state index in [1.807, 2.05) is 6.92 Å². The zero-order valence-corrected chi connectivity index (χ0v) is 7.22. The van der Waals surface area contributed by atoms with Crippen molar-refractivity contribution < 1.29 is 4.79 Å². The van der Waals surface area contributed by atoms with Gasteiger partial charge in [0, 0.05) is 5.25 Å². The average Bonchev–Trinajstić information content (AvgIpc) is 1.87. The Balaban J connectivity index is 3.46. The predicted molar refractivity (Wildman–Crippen MR) is 46.2 cm³/mol. The smallest absolute Gasteiger partial charge is 0.246 e. The van der Waals surface area contributed by atoms with Crippen molar-refractivity contribution in [2.75, 3.05) is 6.26 Å². The molecule has 0 aromatic rings. The Morgan fingerprint density at radius 2 is 2.33 bits per heavy atom. The quantitative estimate of drug-likeness (QED) is 0.581. The fraction of sp³-hybridized carbons (Fsp3) is 0.500. The lowest BCUT2D eigenvalue weighted by Crippen LogP contribution is -1.91. The van der Waals surface area contributed by atoms with Crippen LogP contribution in [0, 0.1) is 0 Å². The van der Waals surface area contributed by atoms with Crippen molar-refractivity contribution in [3.05, 3.63) is 12.7 Å². The summed E-state index contributed by atoms with van der Waals surface area (Å²) >= 11 is 2.55. The molecular weight excluding hydrogens is 152 g/mol. The van der Waals surface area contributed by atoms with Crippen molar-refractivity contribution in [2.24, 2.45) is 0 Å². The summed E-state index contributed by atoms with van der Waals surface area (Å²) in [6.45, 7) is 5.52. The molecule has 52 valence electrons. The molecule has 0 heterocycles. The summed E-state index contributed by atoms with van der Waals surface area (Å²) < 4.78 is 0.155. The maximum absolute atomic E-state index is 10.7. The van der Waals surface area contributed by atoms with Gasteiger partial charge in [-0.2, -0.15) is 0 Å². The van der Waals surface area contributed by atoms with E-state index < -0.39 is 0 Å². The molecule has 0 bridgehead atoms. The third-order valence-electron chi connectivity index (χ3n) is 0.781. The SMILES string of the molecule is C=CC(C)SC(=O)SC. The van der Waals surface area contributed by atoms with E-state index in [2.05, 4.69) is 6.58 Å². The van der Waals surface area contributed by atoms with Crippen molar-refractivity contribution >= 4 is 28.0 Å². The minimum atomic E-state index is 0.155. The van der Waals surface area contributed by atoms with Crippen LogP contribution in [0.3, 0.4) is 0 Å². The van der Waals surface area contributed by atoms with Gasteiger partial charge in [0.15, 0.2) is 0 Å². The minimum Gasteiger partial charge on any atom is -0.274 e. The number of carbonyl (C=O) groups is 1. The molecule has 0 fully saturated rings. The fourth-order valence-electron chi connectivity index (χ4n) is 0.248. The number of hydrogen-bond acceptors (Lipinski definition) is 3. The van der Waals surface area contributed by atoms with Crippen LogP contribution in [-0.4, -0.2) is 16.0 Å². The molecule has 0 aromatic heterocycles. The van der Waals surface area contributed by atoms with E-state index in [-0.39, 0.29) is 9.70 Å². The summed E-state index contributed by atoms with van der Waals surface area (Å²) in [6, 6.07) is 0. The molecule has 1 unspecified atom stereocenters. The summed E-state index contributed by atoms with van der Waals surface area (Å²) in [7, 11) is 0. The van der Waals surface area contributed by atoms with Crippen LogP contribution in [0.25, 0.3) is 0 Å². The van der Waals surface area contributed by atoms with Gasteiger partial charge < -0.3 is 0 Å². The summed E-state index contributed by atoms with van der Waals surface area (Å²) in [5.74, 6) is 0. The van der Waals surface area contributed by atoms with Crippen molar-refractivity contribution in [2.45, 2.75) is 12.2 Å². The molecule has 0 aromatic carbocycles. The lowest BCUT2D eigenvalue weighted by Gasteiger charge is -1.99. The lowest BCUT2D eigenvalue weighted by molar-refractivity contribution is 0.276. The maximum atomic E-state index is 10.7. The number of carbonyl (C=O) groups excluding carboxylic acids is 1. The highest BCUT2D eigenvalue weighted by Gasteiger charge is 2.03. The van der Waals surface area contributed by atoms with E-state index in [0.29, 0.717) is 0 Å². The van der Waals surface area contributed by atoms with Crippen LogP contribution in [0.1, 0.15) is 6.92 Å². The van der Waals surface area contributed by atoms with Gasteiger partial charge in [-0.3, -0.25) is 4.79 Å². The third kappa shape index (κ3) is 4.60. The van der Waals surface area contributed by atoms with E-state index in [9.17, 15) is 4.79 Å². The van der Waals surface area contributed by atoms with Gasteiger partial charge in [0.05, 0.1) is 0 Å². The van der Waals surface area contributed by atoms with Gasteiger partial charge in [0.1, 0.15) is 0 Å². The molecule has 0 aliphatic rings. The normalized spacial score (nSPS) is 12.7. The highest BCUT2D eigenvalue weighted by Crippen LogP contribution is 2.19. The standard InChI is InChI=1S/C6H10OS2/c1-4-5(2)9-6(7)8-3/h4-5H,1H2,2-3H3. The van der Waals surface area contributed by atoms with Crippen molar-refractivity contribution in [1.82, 2.24) is 0 Å². The first-order valence-corrected chi connectivity index (χ1v) is 4.68. The molecule has 0 aliphatic heterocycles. The van der Waals surface area contributed by atoms with Crippen LogP contribution < -0.4 is 0 Å². The van der Waals surface area contributed by atoms with Crippen LogP contribution in [-0.2, 0) is 0 Å². The van der Waals surface area contributed by atoms with E-state index in [1.165, 1.54) is 23.5 Å². The van der Waals surface area contributed by atoms with Gasteiger partial charge in [0.2, 0.25) is 4.45 Å². The highest BCUT2D eigenvalue weighted by atomic mass is 32.2. The molecule has 0 aliphatic carbocycles. The van der Waals surface area contributed by atoms with Gasteiger partial charge in [-0.05, 0) is 13.2 Å². The molecule has 3 heteroatoms. The molecule has 0 rings (SSSR count). The summed E-state index contributed by atoms with van der Waals surface area (Å²) in [6.07, 6.45) is 3.55. The second-order valence-electron chi connectivity index (χ2n) is 1.51. The third-order valence-corrected chi connectivity index (χ3v) is 2.66. The van der Waals surface area contributed by atoms with Gasteiger partial charge in [-0.1, -0.05) is 29.6 Å². The Morgan fingerprint density at radius 1 is 1.78 bits per heavy atom. The average molecular weight is 162 g/mol. The maximum Gasteiger partial charge on any atom is 0.246 e. The first kappa shape index (κ1) is 9.11. The minimum absolute atomic E-state index is 0.155. The molecule has 0 spiro atoms. The Bertz CT molecular complexity index is 112. The van der Waals surface area contributed by atoms with Crippen LogP contribution in [0.15, 0.2) is 12.7 Å². The predicted octanol–water partition coefficient (Wildman–Crippen LogP) is 2.78. The molecule has 9 heavy (non-hydrogen) atoms. The van der Waals surface area contributed by atoms with Gasteiger partial charge >= 0.3 is 0 Å². The molecule has 0 saturated carbocycles. The topological polar surface area (TPSA) is 17.1 Å². The first-order chi connectivity index (χ1) is 4.20. The van der Waals surface area contributed by atoms with E-state index >= 15 is 0 Å². The second kappa shape index (κ2) is 4.94. The fourth-order valence-corrected chi connectivity index (χ4v) is 1.49. The van der Waals surface area contributed by atoms with Gasteiger partial charge in [0.25, 0.3) is 0 Å². The zero-order chi connectivity index (χ0) is 7.28. The zero-order valence-electron chi connectivity index (χ0n) is 5.59. The van der Waals surface area contributed by atoms with Gasteiger partial charge in [-0.15, -0.1) is 6.58 Å².